The van der Waals surface area contributed by atoms with Crippen molar-refractivity contribution in [3.05, 3.63) is 55.2 Å². The molecule has 2 N–H and O–H groups in total. The summed E-state index contributed by atoms with van der Waals surface area (Å²) in [5, 5.41) is 10.9. The van der Waals surface area contributed by atoms with E-state index in [0.29, 0.717) is 6.54 Å². The molecule has 20 heavy (non-hydrogen) atoms. The number of benzene rings is 1. The number of nitrogen functional groups attached to an aromatic ring is 1. The van der Waals surface area contributed by atoms with Crippen LogP contribution >= 0.6 is 22.9 Å². The minimum atomic E-state index is -0.460. The van der Waals surface area contributed by atoms with E-state index in [-0.39, 0.29) is 11.4 Å². The molecule has 0 saturated heterocycles. The predicted molar refractivity (Wildman–Crippen MR) is 82.0 cm³/mol. The van der Waals surface area contributed by atoms with E-state index in [2.05, 4.69) is 4.90 Å². The van der Waals surface area contributed by atoms with Gasteiger partial charge in [-0.2, -0.15) is 0 Å². The van der Waals surface area contributed by atoms with Gasteiger partial charge in [0.2, 0.25) is 0 Å². The molecule has 0 atom stereocenters. The molecular formula is C13H14ClN3O2S. The summed E-state index contributed by atoms with van der Waals surface area (Å²) in [6, 6.07) is 8.75. The van der Waals surface area contributed by atoms with Gasteiger partial charge in [0.05, 0.1) is 9.26 Å². The van der Waals surface area contributed by atoms with E-state index in [1.165, 1.54) is 17.4 Å². The maximum Gasteiger partial charge on any atom is 0.292 e. The summed E-state index contributed by atoms with van der Waals surface area (Å²) in [4.78, 5) is 13.6. The van der Waals surface area contributed by atoms with Crippen LogP contribution < -0.4 is 5.73 Å². The molecule has 106 valence electrons. The first kappa shape index (κ1) is 14.8. The van der Waals surface area contributed by atoms with Crippen LogP contribution in [0, 0.1) is 10.1 Å². The lowest BCUT2D eigenvalue weighted by Gasteiger charge is -2.15. The van der Waals surface area contributed by atoms with Gasteiger partial charge >= 0.3 is 0 Å². The van der Waals surface area contributed by atoms with Crippen molar-refractivity contribution in [2.45, 2.75) is 13.1 Å². The van der Waals surface area contributed by atoms with Gasteiger partial charge in [-0.15, -0.1) is 11.3 Å². The molecule has 0 radical (unpaired) electrons. The minimum Gasteiger partial charge on any atom is -0.393 e. The fraction of sp³-hybridized carbons (Fsp3) is 0.231. The van der Waals surface area contributed by atoms with Crippen LogP contribution in [0.25, 0.3) is 0 Å². The average Bonchev–Trinajstić information content (AvgIpc) is 2.76. The lowest BCUT2D eigenvalue weighted by molar-refractivity contribution is -0.384. The minimum absolute atomic E-state index is 0.0462. The number of thiophene rings is 1. The predicted octanol–water partition coefficient (Wildman–Crippen LogP) is 3.52. The monoisotopic (exact) mass is 311 g/mol. The van der Waals surface area contributed by atoms with E-state index in [1.807, 2.05) is 19.2 Å². The third-order valence-corrected chi connectivity index (χ3v) is 4.01. The Morgan fingerprint density at radius 3 is 2.70 bits per heavy atom. The molecule has 0 aliphatic heterocycles. The summed E-state index contributed by atoms with van der Waals surface area (Å²) in [5.41, 5.74) is 6.58. The van der Waals surface area contributed by atoms with Gasteiger partial charge in [-0.25, -0.2) is 0 Å². The van der Waals surface area contributed by atoms with Crippen LogP contribution in [0.15, 0.2) is 30.3 Å². The summed E-state index contributed by atoms with van der Waals surface area (Å²) in [6.07, 6.45) is 0. The van der Waals surface area contributed by atoms with Gasteiger partial charge in [0, 0.05) is 24.0 Å². The molecule has 1 aromatic heterocycles. The molecule has 0 saturated carbocycles. The molecule has 5 nitrogen and oxygen atoms in total. The van der Waals surface area contributed by atoms with Crippen molar-refractivity contribution in [3.63, 3.8) is 0 Å². The molecule has 0 unspecified atom stereocenters. The number of hydrogen-bond donors (Lipinski definition) is 1. The van der Waals surface area contributed by atoms with Crippen LogP contribution in [0.5, 0.6) is 0 Å². The van der Waals surface area contributed by atoms with Crippen molar-refractivity contribution in [2.24, 2.45) is 0 Å². The molecular weight excluding hydrogens is 298 g/mol. The molecule has 0 bridgehead atoms. The lowest BCUT2D eigenvalue weighted by atomic mass is 10.1. The van der Waals surface area contributed by atoms with Crippen molar-refractivity contribution >= 4 is 34.3 Å². The van der Waals surface area contributed by atoms with Gasteiger partial charge in [0.15, 0.2) is 0 Å². The first-order valence-corrected chi connectivity index (χ1v) is 7.10. The highest BCUT2D eigenvalue weighted by atomic mass is 35.5. The summed E-state index contributed by atoms with van der Waals surface area (Å²) >= 11 is 7.42. The Hall–Kier alpha value is -1.63. The third kappa shape index (κ3) is 3.69. The second-order valence-electron chi connectivity index (χ2n) is 4.53. The van der Waals surface area contributed by atoms with E-state index in [0.717, 1.165) is 21.3 Å². The van der Waals surface area contributed by atoms with Crippen molar-refractivity contribution in [1.29, 1.82) is 0 Å². The Labute approximate surface area is 125 Å². The van der Waals surface area contributed by atoms with Crippen LogP contribution in [-0.2, 0) is 13.1 Å². The summed E-state index contributed by atoms with van der Waals surface area (Å²) in [5.74, 6) is 0. The molecule has 1 heterocycles. The summed E-state index contributed by atoms with van der Waals surface area (Å²) in [6.45, 7) is 1.35. The fourth-order valence-electron chi connectivity index (χ4n) is 1.92. The second kappa shape index (κ2) is 6.21. The molecule has 7 heteroatoms. The van der Waals surface area contributed by atoms with Crippen LogP contribution in [0.2, 0.25) is 4.34 Å². The Morgan fingerprint density at radius 1 is 1.35 bits per heavy atom. The van der Waals surface area contributed by atoms with Crippen LogP contribution in [0.4, 0.5) is 11.4 Å². The number of anilines is 1. The number of hydrogen-bond acceptors (Lipinski definition) is 5. The fourth-order valence-corrected chi connectivity index (χ4v) is 3.08. The lowest BCUT2D eigenvalue weighted by Crippen LogP contribution is -2.16. The average molecular weight is 312 g/mol. The summed E-state index contributed by atoms with van der Waals surface area (Å²) < 4.78 is 0.761. The molecule has 0 amide bonds. The van der Waals surface area contributed by atoms with Gasteiger partial charge < -0.3 is 5.73 Å². The molecule has 1 aromatic carbocycles. The molecule has 0 spiro atoms. The van der Waals surface area contributed by atoms with Crippen molar-refractivity contribution in [2.75, 3.05) is 12.8 Å². The largest absolute Gasteiger partial charge is 0.393 e. The smallest absolute Gasteiger partial charge is 0.292 e. The van der Waals surface area contributed by atoms with E-state index >= 15 is 0 Å². The van der Waals surface area contributed by atoms with Crippen LogP contribution in [-0.4, -0.2) is 16.9 Å². The maximum absolute atomic E-state index is 10.9. The molecule has 2 rings (SSSR count). The SMILES string of the molecule is CN(Cc1ccc(N)c([N+](=O)[O-])c1)Cc1ccc(Cl)s1. The highest BCUT2D eigenvalue weighted by Crippen LogP contribution is 2.25. The van der Waals surface area contributed by atoms with Gasteiger partial charge in [-0.3, -0.25) is 15.0 Å². The molecule has 2 aromatic rings. The zero-order valence-corrected chi connectivity index (χ0v) is 12.4. The van der Waals surface area contributed by atoms with Crippen molar-refractivity contribution in [3.8, 4) is 0 Å². The molecule has 0 aliphatic carbocycles. The van der Waals surface area contributed by atoms with E-state index in [1.54, 1.807) is 12.1 Å². The quantitative estimate of drug-likeness (QED) is 0.521. The third-order valence-electron chi connectivity index (χ3n) is 2.80. The topological polar surface area (TPSA) is 72.4 Å². The number of nitrogens with zero attached hydrogens (tertiary/aromatic N) is 2. The van der Waals surface area contributed by atoms with E-state index < -0.39 is 4.92 Å². The Morgan fingerprint density at radius 2 is 2.10 bits per heavy atom. The highest BCUT2D eigenvalue weighted by Gasteiger charge is 2.13. The number of halogens is 1. The zero-order chi connectivity index (χ0) is 14.7. The van der Waals surface area contributed by atoms with Crippen LogP contribution in [0.1, 0.15) is 10.4 Å². The normalized spacial score (nSPS) is 10.9. The van der Waals surface area contributed by atoms with Gasteiger partial charge in [-0.1, -0.05) is 17.7 Å². The van der Waals surface area contributed by atoms with E-state index in [9.17, 15) is 10.1 Å². The number of nitro groups is 1. The number of rotatable bonds is 5. The molecule has 0 aliphatic rings. The zero-order valence-electron chi connectivity index (χ0n) is 10.9. The standard InChI is InChI=1S/C13H14ClN3O2S/c1-16(8-10-3-5-13(14)20-10)7-9-2-4-11(15)12(6-9)17(18)19/h2-6H,7-8,15H2,1H3. The number of nitrogens with two attached hydrogens (primary N) is 1. The Balaban J connectivity index is 2.06. The van der Waals surface area contributed by atoms with E-state index in [4.69, 9.17) is 17.3 Å². The Bertz CT molecular complexity index is 630. The summed E-state index contributed by atoms with van der Waals surface area (Å²) in [7, 11) is 1.95. The first-order valence-electron chi connectivity index (χ1n) is 5.91. The maximum atomic E-state index is 10.9. The molecule has 0 fully saturated rings. The first-order chi connectivity index (χ1) is 9.45. The van der Waals surface area contributed by atoms with Gasteiger partial charge in [0.1, 0.15) is 5.69 Å². The van der Waals surface area contributed by atoms with Gasteiger partial charge in [0.25, 0.3) is 5.69 Å². The van der Waals surface area contributed by atoms with Crippen molar-refractivity contribution < 1.29 is 4.92 Å². The van der Waals surface area contributed by atoms with Gasteiger partial charge in [-0.05, 0) is 30.8 Å². The Kier molecular flexibility index (Phi) is 4.59. The second-order valence-corrected chi connectivity index (χ2v) is 6.33. The highest BCUT2D eigenvalue weighted by molar-refractivity contribution is 7.16. The van der Waals surface area contributed by atoms with Crippen molar-refractivity contribution in [1.82, 2.24) is 4.90 Å². The number of nitro benzene ring substituents is 1. The van der Waals surface area contributed by atoms with Crippen LogP contribution in [0.3, 0.4) is 0 Å².